The highest BCUT2D eigenvalue weighted by Crippen LogP contribution is 2.35. The van der Waals surface area contributed by atoms with Crippen molar-refractivity contribution in [3.05, 3.63) is 22.2 Å². The van der Waals surface area contributed by atoms with Crippen LogP contribution in [0.3, 0.4) is 0 Å². The molecule has 1 amide bonds. The van der Waals surface area contributed by atoms with E-state index in [1.165, 1.54) is 4.90 Å². The summed E-state index contributed by atoms with van der Waals surface area (Å²) in [6, 6.07) is 3.40. The first-order valence-corrected chi connectivity index (χ1v) is 7.63. The Kier molecular flexibility index (Phi) is 5.44. The first-order chi connectivity index (χ1) is 10.0. The van der Waals surface area contributed by atoms with Crippen LogP contribution in [0.5, 0.6) is 11.5 Å². The van der Waals surface area contributed by atoms with Crippen LogP contribution in [0.1, 0.15) is 10.4 Å². The number of quaternary nitrogens is 1. The van der Waals surface area contributed by atoms with E-state index in [2.05, 4.69) is 28.4 Å². The molecule has 1 aromatic rings. The Hall–Kier alpha value is -1.31. The largest absolute Gasteiger partial charge is 0.495 e. The van der Waals surface area contributed by atoms with Crippen LogP contribution in [-0.4, -0.2) is 58.4 Å². The fourth-order valence-corrected chi connectivity index (χ4v) is 2.76. The lowest BCUT2D eigenvalue weighted by Gasteiger charge is -2.30. The van der Waals surface area contributed by atoms with Crippen LogP contribution in [0.4, 0.5) is 0 Å². The van der Waals surface area contributed by atoms with Gasteiger partial charge in [0, 0.05) is 5.56 Å². The number of hydrogen-bond donors (Lipinski definition) is 2. The zero-order chi connectivity index (χ0) is 15.4. The van der Waals surface area contributed by atoms with Crippen molar-refractivity contribution in [1.29, 1.82) is 0 Å². The Morgan fingerprint density at radius 3 is 2.24 bits per heavy atom. The van der Waals surface area contributed by atoms with Gasteiger partial charge in [-0.05, 0) is 28.1 Å². The van der Waals surface area contributed by atoms with E-state index >= 15 is 0 Å². The van der Waals surface area contributed by atoms with Crippen LogP contribution in [0, 0.1) is 0 Å². The normalized spacial score (nSPS) is 16.6. The maximum atomic E-state index is 12.4. The summed E-state index contributed by atoms with van der Waals surface area (Å²) >= 11 is 3.40. The lowest BCUT2D eigenvalue weighted by molar-refractivity contribution is -0.884. The molecular weight excluding hydrogens is 338 g/mol. The Morgan fingerprint density at radius 2 is 1.76 bits per heavy atom. The summed E-state index contributed by atoms with van der Waals surface area (Å²) in [5.41, 5.74) is 3.44. The molecule has 0 radical (unpaired) electrons. The summed E-state index contributed by atoms with van der Waals surface area (Å²) in [6.07, 6.45) is 0. The van der Waals surface area contributed by atoms with Gasteiger partial charge < -0.3 is 14.4 Å². The van der Waals surface area contributed by atoms with Gasteiger partial charge >= 0.3 is 0 Å². The molecule has 2 N–H and O–H groups in total. The summed E-state index contributed by atoms with van der Waals surface area (Å²) in [5, 5.41) is 1.95. The highest BCUT2D eigenvalue weighted by Gasteiger charge is 2.20. The third kappa shape index (κ3) is 3.87. The van der Waals surface area contributed by atoms with Crippen LogP contribution in [0.25, 0.3) is 0 Å². The molecule has 1 heterocycles. The van der Waals surface area contributed by atoms with Crippen molar-refractivity contribution in [3.63, 3.8) is 0 Å². The van der Waals surface area contributed by atoms with E-state index in [0.717, 1.165) is 26.2 Å². The van der Waals surface area contributed by atoms with E-state index in [1.807, 2.05) is 5.01 Å². The number of methoxy groups -OCH3 is 2. The van der Waals surface area contributed by atoms with Crippen LogP contribution in [0.15, 0.2) is 16.6 Å². The second kappa shape index (κ2) is 7.11. The van der Waals surface area contributed by atoms with Gasteiger partial charge in [0.1, 0.15) is 16.0 Å². The third-order valence-electron chi connectivity index (χ3n) is 3.58. The number of halogens is 1. The van der Waals surface area contributed by atoms with Gasteiger partial charge in [0.15, 0.2) is 0 Å². The zero-order valence-electron chi connectivity index (χ0n) is 12.5. The van der Waals surface area contributed by atoms with Crippen LogP contribution in [-0.2, 0) is 0 Å². The fraction of sp³-hybridized carbons (Fsp3) is 0.500. The van der Waals surface area contributed by atoms with Gasteiger partial charge in [0.05, 0.1) is 47.4 Å². The molecule has 1 aromatic carbocycles. The Balaban J connectivity index is 2.11. The van der Waals surface area contributed by atoms with Crippen LogP contribution in [0.2, 0.25) is 0 Å². The third-order valence-corrected chi connectivity index (χ3v) is 4.37. The van der Waals surface area contributed by atoms with Crippen molar-refractivity contribution in [2.75, 3.05) is 47.4 Å². The minimum atomic E-state index is -0.154. The van der Waals surface area contributed by atoms with Crippen LogP contribution < -0.4 is 19.8 Å². The number of rotatable bonds is 4. The number of amides is 1. The number of carbonyl (C=O) groups excluding carboxylic acids is 1. The number of hydrogen-bond acceptors (Lipinski definition) is 4. The molecule has 0 saturated carbocycles. The lowest BCUT2D eigenvalue weighted by atomic mass is 10.2. The van der Waals surface area contributed by atoms with E-state index < -0.39 is 0 Å². The monoisotopic (exact) mass is 358 g/mol. The van der Waals surface area contributed by atoms with Gasteiger partial charge in [-0.1, -0.05) is 0 Å². The highest BCUT2D eigenvalue weighted by molar-refractivity contribution is 9.10. The molecule has 0 unspecified atom stereocenters. The van der Waals surface area contributed by atoms with Crippen molar-refractivity contribution in [2.45, 2.75) is 0 Å². The van der Waals surface area contributed by atoms with E-state index in [1.54, 1.807) is 26.4 Å². The number of carbonyl (C=O) groups is 1. The molecule has 1 aliphatic rings. The zero-order valence-corrected chi connectivity index (χ0v) is 14.1. The molecule has 0 aromatic heterocycles. The molecule has 1 aliphatic heterocycles. The standard InChI is InChI=1S/C14H20BrN3O3/c1-17-4-6-18(7-5-17)16-14(19)10-8-11(20-2)13(15)12(9-10)21-3/h8-9H,4-7H2,1-3H3,(H,16,19)/p+1. The van der Waals surface area contributed by atoms with Gasteiger partial charge in [-0.15, -0.1) is 0 Å². The average molecular weight is 359 g/mol. The highest BCUT2D eigenvalue weighted by atomic mass is 79.9. The molecule has 1 fully saturated rings. The lowest BCUT2D eigenvalue weighted by Crippen LogP contribution is -3.12. The van der Waals surface area contributed by atoms with Gasteiger partial charge in [-0.25, -0.2) is 5.01 Å². The van der Waals surface area contributed by atoms with Crippen LogP contribution >= 0.6 is 15.9 Å². The number of nitrogens with zero attached hydrogens (tertiary/aromatic N) is 1. The first-order valence-electron chi connectivity index (χ1n) is 6.84. The predicted molar refractivity (Wildman–Crippen MR) is 82.9 cm³/mol. The number of nitrogens with one attached hydrogen (secondary N) is 2. The number of ether oxygens (including phenoxy) is 2. The molecule has 21 heavy (non-hydrogen) atoms. The van der Waals surface area contributed by atoms with Gasteiger partial charge in [-0.2, -0.15) is 0 Å². The van der Waals surface area contributed by atoms with E-state index in [9.17, 15) is 4.79 Å². The first kappa shape index (κ1) is 16.1. The molecule has 2 rings (SSSR count). The van der Waals surface area contributed by atoms with Crippen molar-refractivity contribution < 1.29 is 19.2 Å². The maximum Gasteiger partial charge on any atom is 0.265 e. The second-order valence-electron chi connectivity index (χ2n) is 5.08. The summed E-state index contributed by atoms with van der Waals surface area (Å²) in [6.45, 7) is 3.74. The maximum absolute atomic E-state index is 12.4. The number of hydrazine groups is 1. The van der Waals surface area contributed by atoms with Crippen molar-refractivity contribution >= 4 is 21.8 Å². The summed E-state index contributed by atoms with van der Waals surface area (Å²) in [5.74, 6) is 0.989. The van der Waals surface area contributed by atoms with E-state index in [-0.39, 0.29) is 5.91 Å². The molecule has 0 atom stereocenters. The number of benzene rings is 1. The quantitative estimate of drug-likeness (QED) is 0.791. The molecule has 0 aliphatic carbocycles. The molecule has 6 nitrogen and oxygen atoms in total. The Morgan fingerprint density at radius 1 is 1.24 bits per heavy atom. The topological polar surface area (TPSA) is 55.2 Å². The van der Waals surface area contributed by atoms with E-state index in [0.29, 0.717) is 21.5 Å². The van der Waals surface area contributed by atoms with E-state index in [4.69, 9.17) is 9.47 Å². The summed E-state index contributed by atoms with van der Waals surface area (Å²) < 4.78 is 11.2. The molecule has 0 spiro atoms. The van der Waals surface area contributed by atoms with Crippen molar-refractivity contribution in [2.24, 2.45) is 0 Å². The van der Waals surface area contributed by atoms with Crippen molar-refractivity contribution in [3.8, 4) is 11.5 Å². The molecule has 0 bridgehead atoms. The molecule has 1 saturated heterocycles. The minimum Gasteiger partial charge on any atom is -0.495 e. The van der Waals surface area contributed by atoms with Crippen molar-refractivity contribution in [1.82, 2.24) is 10.4 Å². The van der Waals surface area contributed by atoms with Gasteiger partial charge in [-0.3, -0.25) is 10.2 Å². The molecular formula is C14H21BrN3O3+. The predicted octanol–water partition coefficient (Wildman–Crippen LogP) is -0.0586. The number of likely N-dealkylation sites (N-methyl/N-ethyl adjacent to an activating group) is 1. The fourth-order valence-electron chi connectivity index (χ4n) is 2.21. The second-order valence-corrected chi connectivity index (χ2v) is 5.87. The Bertz CT molecular complexity index is 491. The Labute approximate surface area is 133 Å². The minimum absolute atomic E-state index is 0.154. The smallest absolute Gasteiger partial charge is 0.265 e. The SMILES string of the molecule is COc1cc(C(=O)NN2CC[NH+](C)CC2)cc(OC)c1Br. The van der Waals surface area contributed by atoms with Gasteiger partial charge in [0.2, 0.25) is 0 Å². The summed E-state index contributed by atoms with van der Waals surface area (Å²) in [7, 11) is 5.28. The molecule has 7 heteroatoms. The number of piperazine rings is 1. The van der Waals surface area contributed by atoms with Gasteiger partial charge in [0.25, 0.3) is 5.91 Å². The summed E-state index contributed by atoms with van der Waals surface area (Å²) in [4.78, 5) is 13.8. The molecule has 116 valence electrons. The average Bonchev–Trinajstić information content (AvgIpc) is 2.49.